The lowest BCUT2D eigenvalue weighted by Gasteiger charge is -2.20. The minimum absolute atomic E-state index is 0.213. The molecule has 0 spiro atoms. The second-order valence-corrected chi connectivity index (χ2v) is 10.7. The average molecular weight is 524 g/mol. The van der Waals surface area contributed by atoms with Crippen molar-refractivity contribution in [1.29, 1.82) is 0 Å². The van der Waals surface area contributed by atoms with Crippen molar-refractivity contribution < 1.29 is 22.7 Å². The van der Waals surface area contributed by atoms with Crippen molar-refractivity contribution in [2.45, 2.75) is 11.8 Å². The molecule has 3 aromatic carbocycles. The number of carbonyl (C=O) groups is 1. The van der Waals surface area contributed by atoms with Gasteiger partial charge in [-0.1, -0.05) is 17.7 Å². The number of ether oxygens (including phenoxy) is 2. The van der Waals surface area contributed by atoms with Crippen LogP contribution in [0.2, 0.25) is 0 Å². The van der Waals surface area contributed by atoms with Crippen molar-refractivity contribution >= 4 is 38.1 Å². The van der Waals surface area contributed by atoms with Crippen molar-refractivity contribution in [3.63, 3.8) is 0 Å². The Balaban J connectivity index is 1.32. The highest BCUT2D eigenvalue weighted by Gasteiger charge is 2.21. The zero-order chi connectivity index (χ0) is 25.7. The third-order valence-electron chi connectivity index (χ3n) is 5.39. The van der Waals surface area contributed by atoms with Gasteiger partial charge in [0.05, 0.1) is 23.4 Å². The molecule has 36 heavy (non-hydrogen) atoms. The van der Waals surface area contributed by atoms with Crippen LogP contribution in [-0.2, 0) is 14.8 Å². The van der Waals surface area contributed by atoms with Gasteiger partial charge in [0.15, 0.2) is 11.7 Å². The SMILES string of the molecule is COc1ccc(-c2csc(NC(=O)COc3ccc(N(C)S(=O)(=O)c4ccc(C)cc4)cc3)n2)cc1. The van der Waals surface area contributed by atoms with Crippen LogP contribution in [0.1, 0.15) is 5.56 Å². The predicted molar refractivity (Wildman–Crippen MR) is 141 cm³/mol. The van der Waals surface area contributed by atoms with Crippen LogP contribution < -0.4 is 19.1 Å². The molecule has 186 valence electrons. The first-order chi connectivity index (χ1) is 17.3. The Kier molecular flexibility index (Phi) is 7.56. The number of aryl methyl sites for hydroxylation is 1. The monoisotopic (exact) mass is 523 g/mol. The number of sulfonamides is 1. The Morgan fingerprint density at radius 2 is 1.61 bits per heavy atom. The molecule has 0 saturated heterocycles. The number of nitrogens with one attached hydrogen (secondary N) is 1. The summed E-state index contributed by atoms with van der Waals surface area (Å²) in [4.78, 5) is 17.0. The van der Waals surface area contributed by atoms with E-state index in [0.717, 1.165) is 22.6 Å². The van der Waals surface area contributed by atoms with E-state index in [4.69, 9.17) is 9.47 Å². The third kappa shape index (κ3) is 5.84. The number of carbonyl (C=O) groups excluding carboxylic acids is 1. The molecule has 1 heterocycles. The van der Waals surface area contributed by atoms with Gasteiger partial charge in [-0.3, -0.25) is 14.4 Å². The molecule has 0 unspecified atom stereocenters. The van der Waals surface area contributed by atoms with Gasteiger partial charge in [0.25, 0.3) is 15.9 Å². The van der Waals surface area contributed by atoms with Gasteiger partial charge in [-0.2, -0.15) is 0 Å². The summed E-state index contributed by atoms with van der Waals surface area (Å²) < 4.78 is 37.7. The number of aromatic nitrogens is 1. The number of thiazole rings is 1. The van der Waals surface area contributed by atoms with Crippen LogP contribution in [0.3, 0.4) is 0 Å². The Labute approximate surface area is 214 Å². The molecule has 0 atom stereocenters. The molecule has 0 aliphatic heterocycles. The van der Waals surface area contributed by atoms with Gasteiger partial charge in [0.1, 0.15) is 11.5 Å². The first kappa shape index (κ1) is 25.2. The minimum atomic E-state index is -3.69. The number of methoxy groups -OCH3 is 1. The molecule has 0 bridgehead atoms. The molecular formula is C26H25N3O5S2. The molecule has 4 aromatic rings. The molecule has 0 saturated carbocycles. The van der Waals surface area contributed by atoms with E-state index in [0.29, 0.717) is 16.6 Å². The zero-order valence-corrected chi connectivity index (χ0v) is 21.6. The topological polar surface area (TPSA) is 97.8 Å². The van der Waals surface area contributed by atoms with Gasteiger partial charge in [0.2, 0.25) is 0 Å². The largest absolute Gasteiger partial charge is 0.497 e. The zero-order valence-electron chi connectivity index (χ0n) is 20.0. The van der Waals surface area contributed by atoms with Gasteiger partial charge in [-0.15, -0.1) is 11.3 Å². The molecule has 4 rings (SSSR count). The summed E-state index contributed by atoms with van der Waals surface area (Å²) >= 11 is 1.32. The van der Waals surface area contributed by atoms with Crippen LogP contribution in [-0.4, -0.2) is 40.1 Å². The third-order valence-corrected chi connectivity index (χ3v) is 7.94. The second-order valence-electron chi connectivity index (χ2n) is 7.88. The van der Waals surface area contributed by atoms with Crippen molar-refractivity contribution in [3.05, 3.63) is 83.7 Å². The Bertz CT molecular complexity index is 1430. The summed E-state index contributed by atoms with van der Waals surface area (Å²) in [5, 5.41) is 5.05. The number of rotatable bonds is 9. The quantitative estimate of drug-likeness (QED) is 0.333. The van der Waals surface area contributed by atoms with Crippen molar-refractivity contribution in [1.82, 2.24) is 4.98 Å². The smallest absolute Gasteiger partial charge is 0.264 e. The van der Waals surface area contributed by atoms with Crippen LogP contribution in [0.4, 0.5) is 10.8 Å². The molecule has 1 amide bonds. The maximum atomic E-state index is 12.9. The maximum Gasteiger partial charge on any atom is 0.264 e. The number of hydrogen-bond acceptors (Lipinski definition) is 7. The molecule has 1 N–H and O–H groups in total. The molecule has 1 aromatic heterocycles. The molecule has 8 nitrogen and oxygen atoms in total. The molecule has 0 aliphatic carbocycles. The Morgan fingerprint density at radius 3 is 2.25 bits per heavy atom. The average Bonchev–Trinajstić information content (AvgIpc) is 3.36. The van der Waals surface area contributed by atoms with Crippen LogP contribution in [0.15, 0.2) is 83.1 Å². The van der Waals surface area contributed by atoms with Crippen LogP contribution in [0.5, 0.6) is 11.5 Å². The first-order valence-electron chi connectivity index (χ1n) is 10.9. The molecule has 0 aliphatic rings. The number of benzene rings is 3. The van der Waals surface area contributed by atoms with E-state index in [9.17, 15) is 13.2 Å². The van der Waals surface area contributed by atoms with E-state index < -0.39 is 10.0 Å². The van der Waals surface area contributed by atoms with E-state index in [1.165, 1.54) is 22.7 Å². The fourth-order valence-corrected chi connectivity index (χ4v) is 5.22. The van der Waals surface area contributed by atoms with Gasteiger partial charge in [-0.25, -0.2) is 13.4 Å². The minimum Gasteiger partial charge on any atom is -0.497 e. The number of nitrogens with zero attached hydrogens (tertiary/aromatic N) is 2. The molecular weight excluding hydrogens is 498 g/mol. The van der Waals surface area contributed by atoms with E-state index in [2.05, 4.69) is 10.3 Å². The van der Waals surface area contributed by atoms with Gasteiger partial charge < -0.3 is 9.47 Å². The van der Waals surface area contributed by atoms with E-state index >= 15 is 0 Å². The lowest BCUT2D eigenvalue weighted by molar-refractivity contribution is -0.118. The van der Waals surface area contributed by atoms with Crippen LogP contribution in [0, 0.1) is 6.92 Å². The van der Waals surface area contributed by atoms with E-state index in [1.807, 2.05) is 36.6 Å². The fraction of sp³-hybridized carbons (Fsp3) is 0.154. The molecule has 0 fully saturated rings. The second kappa shape index (κ2) is 10.8. The molecule has 0 radical (unpaired) electrons. The van der Waals surface area contributed by atoms with Crippen LogP contribution in [0.25, 0.3) is 11.3 Å². The van der Waals surface area contributed by atoms with E-state index in [1.54, 1.807) is 55.6 Å². The highest BCUT2D eigenvalue weighted by atomic mass is 32.2. The highest BCUT2D eigenvalue weighted by Crippen LogP contribution is 2.27. The normalized spacial score (nSPS) is 11.1. The summed E-state index contributed by atoms with van der Waals surface area (Å²) in [6.07, 6.45) is 0. The number of hydrogen-bond donors (Lipinski definition) is 1. The number of anilines is 2. The lowest BCUT2D eigenvalue weighted by atomic mass is 10.2. The first-order valence-corrected chi connectivity index (χ1v) is 13.3. The van der Waals surface area contributed by atoms with Crippen molar-refractivity contribution in [2.24, 2.45) is 0 Å². The number of amides is 1. The Morgan fingerprint density at radius 1 is 0.972 bits per heavy atom. The summed E-state index contributed by atoms with van der Waals surface area (Å²) in [6, 6.07) is 20.7. The highest BCUT2D eigenvalue weighted by molar-refractivity contribution is 7.92. The standard InChI is InChI=1S/C26H25N3O5S2/c1-18-4-14-23(15-5-18)36(31,32)29(2)20-8-12-22(13-9-20)34-16-25(30)28-26-27-24(17-35-26)19-6-10-21(33-3)11-7-19/h4-15,17H,16H2,1-3H3,(H,27,28,30). The maximum absolute atomic E-state index is 12.9. The van der Waals surface area contributed by atoms with Crippen molar-refractivity contribution in [3.8, 4) is 22.8 Å². The Hall–Kier alpha value is -3.89. The van der Waals surface area contributed by atoms with Gasteiger partial charge in [-0.05, 0) is 67.6 Å². The summed E-state index contributed by atoms with van der Waals surface area (Å²) in [7, 11) is -0.586. The molecule has 10 heteroatoms. The fourth-order valence-electron chi connectivity index (χ4n) is 3.29. The van der Waals surface area contributed by atoms with Crippen LogP contribution >= 0.6 is 11.3 Å². The van der Waals surface area contributed by atoms with Gasteiger partial charge >= 0.3 is 0 Å². The van der Waals surface area contributed by atoms with Gasteiger partial charge in [0, 0.05) is 18.0 Å². The summed E-state index contributed by atoms with van der Waals surface area (Å²) in [6.45, 7) is 1.68. The summed E-state index contributed by atoms with van der Waals surface area (Å²) in [5.41, 5.74) is 3.12. The lowest BCUT2D eigenvalue weighted by Crippen LogP contribution is -2.26. The predicted octanol–water partition coefficient (Wildman–Crippen LogP) is 4.97. The summed E-state index contributed by atoms with van der Waals surface area (Å²) in [5.74, 6) is 0.842. The van der Waals surface area contributed by atoms with E-state index in [-0.39, 0.29) is 17.4 Å². The van der Waals surface area contributed by atoms with Crippen molar-refractivity contribution in [2.75, 3.05) is 30.4 Å².